The van der Waals surface area contributed by atoms with Crippen LogP contribution in [0.15, 0.2) is 0 Å². The highest BCUT2D eigenvalue weighted by Crippen LogP contribution is 2.03. The Kier molecular flexibility index (Phi) is 3.49. The Balaban J connectivity index is 3.46. The van der Waals surface area contributed by atoms with Gasteiger partial charge in [0.05, 0.1) is 0 Å². The van der Waals surface area contributed by atoms with E-state index >= 15 is 0 Å². The zero-order valence-electron chi connectivity index (χ0n) is 5.61. The van der Waals surface area contributed by atoms with E-state index in [2.05, 4.69) is 6.92 Å². The SMILES string of the molecule is [CH2]CC(C)C(=O)CC. The van der Waals surface area contributed by atoms with Crippen LogP contribution in [-0.4, -0.2) is 5.78 Å². The Morgan fingerprint density at radius 3 is 2.38 bits per heavy atom. The van der Waals surface area contributed by atoms with Gasteiger partial charge in [0.25, 0.3) is 0 Å². The Labute approximate surface area is 51.1 Å². The van der Waals surface area contributed by atoms with Crippen molar-refractivity contribution in [2.45, 2.75) is 26.7 Å². The van der Waals surface area contributed by atoms with Gasteiger partial charge < -0.3 is 0 Å². The summed E-state index contributed by atoms with van der Waals surface area (Å²) in [6.45, 7) is 7.43. The van der Waals surface area contributed by atoms with Gasteiger partial charge in [0.1, 0.15) is 5.78 Å². The maximum atomic E-state index is 10.7. The normalized spacial score (nSPS) is 13.4. The molecule has 0 fully saturated rings. The minimum Gasteiger partial charge on any atom is -0.299 e. The number of ketones is 1. The zero-order valence-corrected chi connectivity index (χ0v) is 5.61. The van der Waals surface area contributed by atoms with E-state index in [1.807, 2.05) is 13.8 Å². The molecule has 0 N–H and O–H groups in total. The van der Waals surface area contributed by atoms with Gasteiger partial charge in [-0.15, -0.1) is 0 Å². The average Bonchev–Trinajstić information content (AvgIpc) is 1.84. The highest BCUT2D eigenvalue weighted by Gasteiger charge is 2.05. The molecule has 1 atom stereocenters. The number of Topliss-reactive ketones (excluding diaryl/α,β-unsaturated/α-hetero) is 1. The minimum atomic E-state index is 0.167. The molecule has 1 heteroatoms. The molecule has 0 heterocycles. The molecule has 0 aliphatic rings. The van der Waals surface area contributed by atoms with Crippen LogP contribution < -0.4 is 0 Å². The van der Waals surface area contributed by atoms with Crippen LogP contribution in [0.4, 0.5) is 0 Å². The van der Waals surface area contributed by atoms with Gasteiger partial charge in [0.2, 0.25) is 0 Å². The second-order valence-electron chi connectivity index (χ2n) is 2.01. The topological polar surface area (TPSA) is 17.1 Å². The Bertz CT molecular complexity index is 76.5. The molecule has 0 aromatic rings. The lowest BCUT2D eigenvalue weighted by molar-refractivity contribution is -0.121. The summed E-state index contributed by atoms with van der Waals surface area (Å²) in [5.41, 5.74) is 0. The fourth-order valence-corrected chi connectivity index (χ4v) is 0.509. The Morgan fingerprint density at radius 1 is 1.75 bits per heavy atom. The van der Waals surface area contributed by atoms with Gasteiger partial charge >= 0.3 is 0 Å². The lowest BCUT2D eigenvalue weighted by Gasteiger charge is -2.01. The molecular weight excluding hydrogens is 100 g/mol. The molecule has 0 bridgehead atoms. The highest BCUT2D eigenvalue weighted by atomic mass is 16.1. The highest BCUT2D eigenvalue weighted by molar-refractivity contribution is 5.80. The third kappa shape index (κ3) is 2.10. The molecule has 8 heavy (non-hydrogen) atoms. The van der Waals surface area contributed by atoms with E-state index in [-0.39, 0.29) is 5.92 Å². The molecule has 0 aliphatic carbocycles. The molecule has 0 aliphatic heterocycles. The zero-order chi connectivity index (χ0) is 6.57. The molecule has 47 valence electrons. The molecule has 0 spiro atoms. The van der Waals surface area contributed by atoms with Crippen LogP contribution in [0.25, 0.3) is 0 Å². The van der Waals surface area contributed by atoms with Crippen LogP contribution in [0.3, 0.4) is 0 Å². The maximum Gasteiger partial charge on any atom is 0.135 e. The summed E-state index contributed by atoms with van der Waals surface area (Å²) in [6.07, 6.45) is 1.38. The number of carbonyl (C=O) groups excluding carboxylic acids is 1. The second-order valence-corrected chi connectivity index (χ2v) is 2.01. The van der Waals surface area contributed by atoms with E-state index in [0.717, 1.165) is 6.42 Å². The minimum absolute atomic E-state index is 0.167. The average molecular weight is 113 g/mol. The Morgan fingerprint density at radius 2 is 2.25 bits per heavy atom. The van der Waals surface area contributed by atoms with Crippen LogP contribution in [0.5, 0.6) is 0 Å². The van der Waals surface area contributed by atoms with Crippen molar-refractivity contribution < 1.29 is 4.79 Å². The fourth-order valence-electron chi connectivity index (χ4n) is 0.509. The first kappa shape index (κ1) is 7.67. The van der Waals surface area contributed by atoms with E-state index in [4.69, 9.17) is 0 Å². The molecular formula is C7H13O. The molecule has 1 radical (unpaired) electrons. The molecule has 0 aromatic carbocycles. The maximum absolute atomic E-state index is 10.7. The predicted octanol–water partition coefficient (Wildman–Crippen LogP) is 1.83. The molecule has 0 aromatic heterocycles. The summed E-state index contributed by atoms with van der Waals surface area (Å²) in [5, 5.41) is 0. The lowest BCUT2D eigenvalue weighted by Crippen LogP contribution is -2.07. The van der Waals surface area contributed by atoms with Crippen LogP contribution in [0.1, 0.15) is 26.7 Å². The standard InChI is InChI=1S/C7H13O/c1-4-6(3)7(8)5-2/h6H,1,4-5H2,2-3H3. The fraction of sp³-hybridized carbons (Fsp3) is 0.714. The van der Waals surface area contributed by atoms with E-state index in [1.54, 1.807) is 0 Å². The van der Waals surface area contributed by atoms with E-state index in [9.17, 15) is 4.79 Å². The van der Waals surface area contributed by atoms with Gasteiger partial charge in [0, 0.05) is 12.3 Å². The van der Waals surface area contributed by atoms with Crippen LogP contribution in [0, 0.1) is 12.8 Å². The Hall–Kier alpha value is -0.330. The summed E-state index contributed by atoms with van der Waals surface area (Å²) in [6, 6.07) is 0. The summed E-state index contributed by atoms with van der Waals surface area (Å²) in [7, 11) is 0. The summed E-state index contributed by atoms with van der Waals surface area (Å²) < 4.78 is 0. The van der Waals surface area contributed by atoms with Crippen molar-refractivity contribution in [3.05, 3.63) is 6.92 Å². The van der Waals surface area contributed by atoms with E-state index in [0.29, 0.717) is 12.2 Å². The van der Waals surface area contributed by atoms with Crippen LogP contribution in [0.2, 0.25) is 0 Å². The molecule has 1 unspecified atom stereocenters. The van der Waals surface area contributed by atoms with Crippen molar-refractivity contribution in [3.63, 3.8) is 0 Å². The van der Waals surface area contributed by atoms with Gasteiger partial charge in [-0.3, -0.25) is 4.79 Å². The summed E-state index contributed by atoms with van der Waals surface area (Å²) in [4.78, 5) is 10.7. The van der Waals surface area contributed by atoms with Crippen molar-refractivity contribution >= 4 is 5.78 Å². The quantitative estimate of drug-likeness (QED) is 0.545. The van der Waals surface area contributed by atoms with Crippen molar-refractivity contribution in [2.24, 2.45) is 5.92 Å². The number of rotatable bonds is 3. The largest absolute Gasteiger partial charge is 0.299 e. The molecule has 0 saturated heterocycles. The van der Waals surface area contributed by atoms with Crippen molar-refractivity contribution in [1.82, 2.24) is 0 Å². The summed E-state index contributed by atoms with van der Waals surface area (Å²) >= 11 is 0. The molecule has 0 rings (SSSR count). The molecule has 1 nitrogen and oxygen atoms in total. The first-order valence-electron chi connectivity index (χ1n) is 3.04. The molecule has 0 saturated carbocycles. The summed E-state index contributed by atoms with van der Waals surface area (Å²) in [5.74, 6) is 0.486. The van der Waals surface area contributed by atoms with Gasteiger partial charge in [-0.1, -0.05) is 20.8 Å². The van der Waals surface area contributed by atoms with Crippen LogP contribution >= 0.6 is 0 Å². The monoisotopic (exact) mass is 113 g/mol. The number of hydrogen-bond donors (Lipinski definition) is 0. The smallest absolute Gasteiger partial charge is 0.135 e. The first-order chi connectivity index (χ1) is 3.72. The third-order valence-electron chi connectivity index (χ3n) is 1.33. The number of carbonyl (C=O) groups is 1. The van der Waals surface area contributed by atoms with Crippen molar-refractivity contribution in [3.8, 4) is 0 Å². The van der Waals surface area contributed by atoms with E-state index < -0.39 is 0 Å². The van der Waals surface area contributed by atoms with Gasteiger partial charge in [-0.05, 0) is 6.42 Å². The van der Waals surface area contributed by atoms with Crippen LogP contribution in [-0.2, 0) is 4.79 Å². The van der Waals surface area contributed by atoms with Gasteiger partial charge in [0.15, 0.2) is 0 Å². The van der Waals surface area contributed by atoms with Crippen molar-refractivity contribution in [1.29, 1.82) is 0 Å². The van der Waals surface area contributed by atoms with Crippen molar-refractivity contribution in [2.75, 3.05) is 0 Å². The number of hydrogen-bond acceptors (Lipinski definition) is 1. The van der Waals surface area contributed by atoms with E-state index in [1.165, 1.54) is 0 Å². The molecule has 0 amide bonds. The second kappa shape index (κ2) is 3.65. The first-order valence-corrected chi connectivity index (χ1v) is 3.04. The predicted molar refractivity (Wildman–Crippen MR) is 34.4 cm³/mol. The van der Waals surface area contributed by atoms with Gasteiger partial charge in [-0.25, -0.2) is 0 Å². The third-order valence-corrected chi connectivity index (χ3v) is 1.33. The lowest BCUT2D eigenvalue weighted by atomic mass is 10.0. The van der Waals surface area contributed by atoms with Gasteiger partial charge in [-0.2, -0.15) is 0 Å².